The van der Waals surface area contributed by atoms with Crippen LogP contribution in [0.15, 0.2) is 134 Å². The van der Waals surface area contributed by atoms with Gasteiger partial charge in [0.25, 0.3) is 0 Å². The second kappa shape index (κ2) is 36.0. The normalized spacial score (nSPS) is 21.7. The smallest absolute Gasteiger partial charge is 0.245 e. The van der Waals surface area contributed by atoms with Crippen LogP contribution in [-0.2, 0) is 88.0 Å². The number of hydrogen-bond acceptors (Lipinski definition) is 14. The van der Waals surface area contributed by atoms with E-state index in [1.54, 1.807) is 42.5 Å². The topological polar surface area (TPSA) is 396 Å². The first kappa shape index (κ1) is 75.4. The predicted molar refractivity (Wildman–Crippen MR) is 379 cm³/mol. The third kappa shape index (κ3) is 21.6. The van der Waals surface area contributed by atoms with E-state index in [-0.39, 0.29) is 76.8 Å². The van der Waals surface area contributed by atoms with E-state index in [9.17, 15) is 38.4 Å². The maximum absolute atomic E-state index is 15.3. The van der Waals surface area contributed by atoms with Crippen LogP contribution < -0.4 is 64.2 Å². The van der Waals surface area contributed by atoms with Gasteiger partial charge in [-0.15, -0.1) is 0 Å². The molecular weight excluding hydrogens is 1330 g/mol. The minimum Gasteiger partial charge on any atom is -0.368 e. The molecule has 28 heteroatoms. The number of amides is 13. The SMILES string of the molecule is CC(=O)N[C@H](Cc1ccc2ccccc2c1)C(=O)N[C@H](Cc1ccc(Cl)cc1)C(=O)N[C@H](Cc1cccnc1)C(=O)N[C@H]1CC(=O)NCC(C(N)=O)NC(=O)[C@@H]2CCCN2C(=O)[C@@H]2CCCCNC(=O)CC[C@H](NC1=O)C(=O)N[C@H](Cc1ccc3ccccc3c1)C(=O)N[C@@H](CC(C)C)C(=O)N2. The van der Waals surface area contributed by atoms with E-state index in [0.717, 1.165) is 21.5 Å². The fraction of sp³-hybridized carbons (Fsp3) is 0.405. The lowest BCUT2D eigenvalue weighted by Gasteiger charge is -2.31. The van der Waals surface area contributed by atoms with Crippen LogP contribution >= 0.6 is 11.6 Å². The Morgan fingerprint density at radius 1 is 0.569 bits per heavy atom. The zero-order valence-electron chi connectivity index (χ0n) is 57.0. The van der Waals surface area contributed by atoms with Gasteiger partial charge in [0.05, 0.1) is 6.42 Å². The first-order chi connectivity index (χ1) is 48.9. The molecule has 6 aromatic rings. The highest BCUT2D eigenvalue weighted by molar-refractivity contribution is 6.30. The van der Waals surface area contributed by atoms with Crippen molar-refractivity contribution >= 4 is 110 Å². The summed E-state index contributed by atoms with van der Waals surface area (Å²) >= 11 is 6.28. The summed E-state index contributed by atoms with van der Waals surface area (Å²) in [5.74, 6) is -11.5. The minimum atomic E-state index is -1.99. The van der Waals surface area contributed by atoms with Crippen LogP contribution in [0.5, 0.6) is 0 Å². The van der Waals surface area contributed by atoms with E-state index >= 15 is 24.0 Å². The summed E-state index contributed by atoms with van der Waals surface area (Å²) in [6.07, 6.45) is 1.50. The zero-order valence-corrected chi connectivity index (χ0v) is 57.8. The molecule has 4 fully saturated rings. The predicted octanol–water partition coefficient (Wildman–Crippen LogP) is 1.82. The Kier molecular flexibility index (Phi) is 26.6. The molecular formula is C74H87ClN14O13. The maximum Gasteiger partial charge on any atom is 0.245 e. The molecule has 27 nitrogen and oxygen atoms in total. The molecule has 0 radical (unpaired) electrons. The monoisotopic (exact) mass is 1410 g/mol. The largest absolute Gasteiger partial charge is 0.368 e. The number of nitrogens with zero attached hydrogens (tertiary/aromatic N) is 2. The van der Waals surface area contributed by atoms with E-state index in [4.69, 9.17) is 17.3 Å². The summed E-state index contributed by atoms with van der Waals surface area (Å²) in [6.45, 7) is 4.35. The number of nitrogens with one attached hydrogen (secondary N) is 11. The number of fused-ring (bicyclic) bond motifs is 25. The zero-order chi connectivity index (χ0) is 73.0. The van der Waals surface area contributed by atoms with Gasteiger partial charge < -0.3 is 69.1 Å². The molecule has 1 aromatic heterocycles. The molecule has 13 amide bonds. The van der Waals surface area contributed by atoms with Crippen LogP contribution in [0.25, 0.3) is 21.5 Å². The molecule has 538 valence electrons. The van der Waals surface area contributed by atoms with E-state index in [1.165, 1.54) is 24.2 Å². The summed E-state index contributed by atoms with van der Waals surface area (Å²) in [5.41, 5.74) is 7.99. The van der Waals surface area contributed by atoms with E-state index in [0.29, 0.717) is 33.7 Å². The number of nitrogens with two attached hydrogens (primary N) is 1. The highest BCUT2D eigenvalue weighted by atomic mass is 35.5. The number of rotatable bonds is 18. The molecule has 0 saturated carbocycles. The summed E-state index contributed by atoms with van der Waals surface area (Å²) < 4.78 is 0. The highest BCUT2D eigenvalue weighted by Crippen LogP contribution is 2.23. The second-order valence-electron chi connectivity index (χ2n) is 26.5. The molecule has 4 aliphatic rings. The summed E-state index contributed by atoms with van der Waals surface area (Å²) in [5, 5.41) is 33.6. The number of benzene rings is 5. The third-order valence-corrected chi connectivity index (χ3v) is 18.4. The molecule has 1 unspecified atom stereocenters. The Balaban J connectivity index is 1.08. The van der Waals surface area contributed by atoms with Gasteiger partial charge in [0.1, 0.15) is 60.4 Å². The first-order valence-corrected chi connectivity index (χ1v) is 34.7. The van der Waals surface area contributed by atoms with Crippen molar-refractivity contribution in [3.63, 3.8) is 0 Å². The minimum absolute atomic E-state index is 0.00400. The quantitative estimate of drug-likeness (QED) is 0.0547. The van der Waals surface area contributed by atoms with Crippen molar-refractivity contribution in [3.8, 4) is 0 Å². The average Bonchev–Trinajstić information content (AvgIpc) is 1.16. The fourth-order valence-corrected chi connectivity index (χ4v) is 12.9. The van der Waals surface area contributed by atoms with Gasteiger partial charge in [-0.3, -0.25) is 67.3 Å². The molecule has 13 N–H and O–H groups in total. The van der Waals surface area contributed by atoms with Crippen LogP contribution in [0.4, 0.5) is 0 Å². The molecule has 2 bridgehead atoms. The van der Waals surface area contributed by atoms with Crippen molar-refractivity contribution in [2.24, 2.45) is 11.7 Å². The van der Waals surface area contributed by atoms with Gasteiger partial charge in [0, 0.05) is 76.1 Å². The number of pyridine rings is 1. The van der Waals surface area contributed by atoms with Gasteiger partial charge in [-0.25, -0.2) is 0 Å². The molecule has 0 spiro atoms. The van der Waals surface area contributed by atoms with Crippen molar-refractivity contribution in [3.05, 3.63) is 161 Å². The fourth-order valence-electron chi connectivity index (χ4n) is 12.8. The lowest BCUT2D eigenvalue weighted by molar-refractivity contribution is -0.142. The summed E-state index contributed by atoms with van der Waals surface area (Å²) in [7, 11) is 0. The van der Waals surface area contributed by atoms with Gasteiger partial charge in [-0.1, -0.05) is 129 Å². The molecule has 5 heterocycles. The molecule has 102 heavy (non-hydrogen) atoms. The van der Waals surface area contributed by atoms with Gasteiger partial charge in [0.15, 0.2) is 0 Å². The molecule has 10 atom stereocenters. The average molecular weight is 1420 g/mol. The van der Waals surface area contributed by atoms with Crippen LogP contribution in [0.1, 0.15) is 101 Å². The lowest BCUT2D eigenvalue weighted by Crippen LogP contribution is -2.61. The van der Waals surface area contributed by atoms with Crippen LogP contribution in [-0.4, -0.2) is 167 Å². The maximum atomic E-state index is 15.3. The molecule has 10 rings (SSSR count). The summed E-state index contributed by atoms with van der Waals surface area (Å²) in [4.78, 5) is 194. The number of aromatic nitrogens is 1. The summed E-state index contributed by atoms with van der Waals surface area (Å²) in [6, 6.07) is 20.7. The Morgan fingerprint density at radius 2 is 1.17 bits per heavy atom. The van der Waals surface area contributed by atoms with Gasteiger partial charge in [-0.05, 0) is 113 Å². The van der Waals surface area contributed by atoms with Crippen molar-refractivity contribution in [2.75, 3.05) is 19.6 Å². The Bertz CT molecular complexity index is 4090. The van der Waals surface area contributed by atoms with Crippen molar-refractivity contribution in [1.82, 2.24) is 68.4 Å². The van der Waals surface area contributed by atoms with Crippen LogP contribution in [0.2, 0.25) is 5.02 Å². The first-order valence-electron chi connectivity index (χ1n) is 34.4. The van der Waals surface area contributed by atoms with E-state index in [2.05, 4.69) is 63.5 Å². The van der Waals surface area contributed by atoms with Gasteiger partial charge in [0.2, 0.25) is 76.8 Å². The number of halogens is 1. The molecule has 4 saturated heterocycles. The Labute approximate surface area is 594 Å². The van der Waals surface area contributed by atoms with E-state index < -0.39 is 163 Å². The van der Waals surface area contributed by atoms with Crippen molar-refractivity contribution in [2.45, 2.75) is 165 Å². The number of primary amides is 1. The van der Waals surface area contributed by atoms with Gasteiger partial charge >= 0.3 is 0 Å². The number of carbonyl (C=O) groups is 13. The van der Waals surface area contributed by atoms with Crippen molar-refractivity contribution in [1.29, 1.82) is 0 Å². The van der Waals surface area contributed by atoms with Crippen molar-refractivity contribution < 1.29 is 62.3 Å². The van der Waals surface area contributed by atoms with Crippen LogP contribution in [0.3, 0.4) is 0 Å². The lowest BCUT2D eigenvalue weighted by atomic mass is 9.98. The highest BCUT2D eigenvalue weighted by Gasteiger charge is 2.41. The Morgan fingerprint density at radius 3 is 1.82 bits per heavy atom. The standard InChI is InChI=1S/C74H87ClN14O13/c1-42(2)32-55-67(95)82-54-17-8-9-30-78-63(91)28-27-53(66(94)84-58(70(98)83-55)37-46-20-24-49-14-5-7-16-51(49)34-46)81-72(100)60(39-64(92)79-41-61(65(76)93)88-73(101)62-18-11-31-89(62)74(54)102)87-71(99)59(38-47-12-10-29-77-40-47)86-69(97)57(35-44-21-25-52(75)26-22-44)85-68(96)56(80-43(3)90)36-45-19-23-48-13-4-6-15-50(48)33-45/h4-7,10,12-16,19-26,29,33-34,40,42,53-62H,8-9,11,17-18,27-28,30-32,35-39,41H2,1-3H3,(H2,76,93)(H,78,91)(H,79,92)(H,80,90)(H,81,100)(H,82,95)(H,83,98)(H,84,94)(H,85,96)(H,86,97)(H,87,99)(H,88,101)/t53-,54-,55-,56+,57+,58+,59+,60-,61?,62-/m0/s1. The van der Waals surface area contributed by atoms with Gasteiger partial charge in [-0.2, -0.15) is 0 Å². The van der Waals surface area contributed by atoms with E-state index in [1.807, 2.05) is 92.7 Å². The molecule has 4 aliphatic heterocycles. The molecule has 0 aliphatic carbocycles. The number of hydrogen-bond donors (Lipinski definition) is 12. The van der Waals surface area contributed by atoms with Crippen LogP contribution in [0, 0.1) is 5.92 Å². The Hall–Kier alpha value is -10.8. The second-order valence-corrected chi connectivity index (χ2v) is 27.0. The molecule has 5 aromatic carbocycles. The number of carbonyl (C=O) groups excluding carboxylic acids is 13. The third-order valence-electron chi connectivity index (χ3n) is 18.1.